The molecule has 0 saturated carbocycles. The highest BCUT2D eigenvalue weighted by Gasteiger charge is 2.13. The van der Waals surface area contributed by atoms with Crippen molar-refractivity contribution in [2.24, 2.45) is 0 Å². The van der Waals surface area contributed by atoms with Crippen LogP contribution in [0.1, 0.15) is 0 Å². The van der Waals surface area contributed by atoms with Crippen LogP contribution < -0.4 is 4.72 Å². The molecule has 1 heterocycles. The normalized spacial score (nSPS) is 11.4. The third-order valence-electron chi connectivity index (χ3n) is 1.63. The van der Waals surface area contributed by atoms with Gasteiger partial charge >= 0.3 is 0 Å². The van der Waals surface area contributed by atoms with E-state index in [0.717, 1.165) is 0 Å². The molecule has 1 aromatic heterocycles. The Morgan fingerprint density at radius 1 is 1.62 bits per heavy atom. The molecule has 0 aliphatic heterocycles. The topological polar surface area (TPSA) is 68.3 Å². The van der Waals surface area contributed by atoms with E-state index >= 15 is 0 Å². The lowest BCUT2D eigenvalue weighted by molar-refractivity contribution is 0.217. The lowest BCUT2D eigenvalue weighted by Crippen LogP contribution is -2.20. The Balaban J connectivity index is 2.83. The fourth-order valence-corrected chi connectivity index (χ4v) is 2.42. The summed E-state index contributed by atoms with van der Waals surface area (Å²) < 4.78 is 30.7. The van der Waals surface area contributed by atoms with Crippen LogP contribution in [-0.4, -0.2) is 32.9 Å². The third-order valence-corrected chi connectivity index (χ3v) is 3.60. The first-order valence-electron chi connectivity index (χ1n) is 4.25. The highest BCUT2D eigenvalue weighted by atomic mass is 79.9. The van der Waals surface area contributed by atoms with E-state index in [1.54, 1.807) is 6.07 Å². The number of hydrogen-bond donors (Lipinski definition) is 1. The summed E-state index contributed by atoms with van der Waals surface area (Å²) in [6, 6.07) is 1.54. The average molecular weight is 330 g/mol. The predicted molar refractivity (Wildman–Crippen MR) is 66.2 cm³/mol. The summed E-state index contributed by atoms with van der Waals surface area (Å²) in [7, 11) is -2.02. The van der Waals surface area contributed by atoms with Gasteiger partial charge in [0.1, 0.15) is 0 Å². The molecule has 0 radical (unpaired) electrons. The fraction of sp³-hybridized carbons (Fsp3) is 0.375. The van der Waals surface area contributed by atoms with Crippen molar-refractivity contribution in [3.63, 3.8) is 0 Å². The van der Waals surface area contributed by atoms with Crippen LogP contribution in [0, 0.1) is 0 Å². The number of nitrogens with one attached hydrogen (secondary N) is 1. The first kappa shape index (κ1) is 13.7. The van der Waals surface area contributed by atoms with Crippen LogP contribution in [0.5, 0.6) is 0 Å². The Bertz CT molecular complexity index is 466. The Morgan fingerprint density at radius 3 is 2.94 bits per heavy atom. The zero-order valence-electron chi connectivity index (χ0n) is 8.41. The van der Waals surface area contributed by atoms with E-state index in [0.29, 0.717) is 4.47 Å². The molecular formula is C8H10BrClN2O3S. The number of anilines is 1. The van der Waals surface area contributed by atoms with Crippen LogP contribution >= 0.6 is 27.5 Å². The summed E-state index contributed by atoms with van der Waals surface area (Å²) in [5.74, 6) is -0.133. The molecule has 0 aliphatic carbocycles. The minimum atomic E-state index is -3.46. The number of hydrogen-bond acceptors (Lipinski definition) is 4. The second kappa shape index (κ2) is 5.81. The quantitative estimate of drug-likeness (QED) is 0.838. The molecule has 5 nitrogen and oxygen atoms in total. The number of methoxy groups -OCH3 is 1. The standard InChI is InChI=1S/C8H10BrClN2O3S/c1-15-2-3-16(13,14)12-7-4-6(9)5-11-8(7)10/h4-5,12H,2-3H2,1H3. The molecule has 0 unspecified atom stereocenters. The Morgan fingerprint density at radius 2 is 2.31 bits per heavy atom. The molecule has 0 bridgehead atoms. The number of ether oxygens (including phenoxy) is 1. The van der Waals surface area contributed by atoms with E-state index in [-0.39, 0.29) is 23.2 Å². The maximum absolute atomic E-state index is 11.5. The van der Waals surface area contributed by atoms with Crippen molar-refractivity contribution < 1.29 is 13.2 Å². The van der Waals surface area contributed by atoms with Gasteiger partial charge in [0.25, 0.3) is 0 Å². The molecule has 1 aromatic rings. The van der Waals surface area contributed by atoms with Gasteiger partial charge in [-0.3, -0.25) is 4.72 Å². The molecule has 1 rings (SSSR count). The first-order chi connectivity index (χ1) is 7.44. The number of rotatable bonds is 5. The molecule has 8 heteroatoms. The highest BCUT2D eigenvalue weighted by molar-refractivity contribution is 9.10. The summed E-state index contributed by atoms with van der Waals surface area (Å²) in [5.41, 5.74) is 0.243. The van der Waals surface area contributed by atoms with Crippen LogP contribution in [0.15, 0.2) is 16.7 Å². The maximum atomic E-state index is 11.5. The molecule has 16 heavy (non-hydrogen) atoms. The third kappa shape index (κ3) is 4.25. The molecule has 0 aliphatic rings. The zero-order valence-corrected chi connectivity index (χ0v) is 11.6. The average Bonchev–Trinajstić information content (AvgIpc) is 2.20. The molecule has 0 amide bonds. The van der Waals surface area contributed by atoms with Gasteiger partial charge in [0.05, 0.1) is 18.0 Å². The molecule has 1 N–H and O–H groups in total. The number of sulfonamides is 1. The van der Waals surface area contributed by atoms with Crippen molar-refractivity contribution in [2.75, 3.05) is 24.2 Å². The smallest absolute Gasteiger partial charge is 0.235 e. The monoisotopic (exact) mass is 328 g/mol. The number of nitrogens with zero attached hydrogens (tertiary/aromatic N) is 1. The van der Waals surface area contributed by atoms with E-state index in [1.807, 2.05) is 0 Å². The lowest BCUT2D eigenvalue weighted by atomic mass is 10.4. The lowest BCUT2D eigenvalue weighted by Gasteiger charge is -2.08. The van der Waals surface area contributed by atoms with Crippen molar-refractivity contribution >= 4 is 43.2 Å². The summed E-state index contributed by atoms with van der Waals surface area (Å²) in [5, 5.41) is 0.101. The van der Waals surface area contributed by atoms with Crippen molar-refractivity contribution in [3.05, 3.63) is 21.9 Å². The molecule has 90 valence electrons. The first-order valence-corrected chi connectivity index (χ1v) is 7.07. The largest absolute Gasteiger partial charge is 0.384 e. The van der Waals surface area contributed by atoms with E-state index in [4.69, 9.17) is 16.3 Å². The van der Waals surface area contributed by atoms with Gasteiger partial charge in [-0.25, -0.2) is 13.4 Å². The van der Waals surface area contributed by atoms with Crippen LogP contribution in [0.2, 0.25) is 5.15 Å². The second-order valence-corrected chi connectivity index (χ2v) is 6.02. The van der Waals surface area contributed by atoms with Gasteiger partial charge in [0.15, 0.2) is 5.15 Å². The zero-order chi connectivity index (χ0) is 12.2. The van der Waals surface area contributed by atoms with E-state index in [9.17, 15) is 8.42 Å². The Hall–Kier alpha value is -0.370. The van der Waals surface area contributed by atoms with Gasteiger partial charge in [-0.2, -0.15) is 0 Å². The van der Waals surface area contributed by atoms with E-state index in [1.165, 1.54) is 13.3 Å². The van der Waals surface area contributed by atoms with Gasteiger partial charge in [-0.15, -0.1) is 0 Å². The predicted octanol–water partition coefficient (Wildman–Crippen LogP) is 1.89. The minimum absolute atomic E-state index is 0.101. The van der Waals surface area contributed by atoms with E-state index in [2.05, 4.69) is 25.6 Å². The summed E-state index contributed by atoms with van der Waals surface area (Å²) in [4.78, 5) is 3.80. The molecular weight excluding hydrogens is 320 g/mol. The Labute approximate surface area is 107 Å². The fourth-order valence-electron chi connectivity index (χ4n) is 0.906. The summed E-state index contributed by atoms with van der Waals surface area (Å²) >= 11 is 8.92. The van der Waals surface area contributed by atoms with Crippen LogP contribution in [0.25, 0.3) is 0 Å². The second-order valence-electron chi connectivity index (χ2n) is 2.91. The molecule has 0 saturated heterocycles. The van der Waals surface area contributed by atoms with E-state index < -0.39 is 10.0 Å². The van der Waals surface area contributed by atoms with Crippen molar-refractivity contribution in [1.29, 1.82) is 0 Å². The highest BCUT2D eigenvalue weighted by Crippen LogP contribution is 2.23. The molecule has 0 aromatic carbocycles. The molecule has 0 atom stereocenters. The molecule has 0 spiro atoms. The van der Waals surface area contributed by atoms with Crippen molar-refractivity contribution in [3.8, 4) is 0 Å². The van der Waals surface area contributed by atoms with Crippen molar-refractivity contribution in [1.82, 2.24) is 4.98 Å². The van der Waals surface area contributed by atoms with Gasteiger partial charge in [0.2, 0.25) is 10.0 Å². The Kier molecular flexibility index (Phi) is 4.97. The van der Waals surface area contributed by atoms with Crippen molar-refractivity contribution in [2.45, 2.75) is 0 Å². The molecule has 0 fully saturated rings. The number of halogens is 2. The SMILES string of the molecule is COCCS(=O)(=O)Nc1cc(Br)cnc1Cl. The van der Waals surface area contributed by atoms with Crippen LogP contribution in [0.3, 0.4) is 0 Å². The number of aromatic nitrogens is 1. The van der Waals surface area contributed by atoms with Crippen LogP contribution in [0.4, 0.5) is 5.69 Å². The van der Waals surface area contributed by atoms with Gasteiger partial charge in [-0.05, 0) is 22.0 Å². The van der Waals surface area contributed by atoms with Gasteiger partial charge in [0, 0.05) is 17.8 Å². The van der Waals surface area contributed by atoms with Crippen LogP contribution in [-0.2, 0) is 14.8 Å². The van der Waals surface area contributed by atoms with Gasteiger partial charge in [-0.1, -0.05) is 11.6 Å². The summed E-state index contributed by atoms with van der Waals surface area (Å²) in [6.07, 6.45) is 1.48. The summed E-state index contributed by atoms with van der Waals surface area (Å²) in [6.45, 7) is 0.119. The maximum Gasteiger partial charge on any atom is 0.235 e. The van der Waals surface area contributed by atoms with Gasteiger partial charge < -0.3 is 4.74 Å². The minimum Gasteiger partial charge on any atom is -0.384 e. The number of pyridine rings is 1.